The molecule has 0 saturated carbocycles. The van der Waals surface area contributed by atoms with Gasteiger partial charge in [0.05, 0.1) is 5.75 Å². The zero-order chi connectivity index (χ0) is 15.5. The lowest BCUT2D eigenvalue weighted by Crippen LogP contribution is -2.26. The highest BCUT2D eigenvalue weighted by molar-refractivity contribution is 8.00. The highest BCUT2D eigenvalue weighted by Gasteiger charge is 2.02. The van der Waals surface area contributed by atoms with Gasteiger partial charge in [-0.3, -0.25) is 4.79 Å². The number of thioether (sulfide) groups is 1. The number of nitrogens with one attached hydrogen (secondary N) is 2. The van der Waals surface area contributed by atoms with Crippen molar-refractivity contribution in [2.75, 3.05) is 26.0 Å². The Hall–Kier alpha value is -1.04. The van der Waals surface area contributed by atoms with Crippen LogP contribution >= 0.6 is 11.8 Å². The number of methoxy groups -OCH3 is 1. The van der Waals surface area contributed by atoms with Gasteiger partial charge in [-0.05, 0) is 24.1 Å². The maximum atomic E-state index is 11.6. The molecule has 0 unspecified atom stereocenters. The van der Waals surface area contributed by atoms with Crippen molar-refractivity contribution in [3.63, 3.8) is 0 Å². The fraction of sp³-hybridized carbons (Fsp3) is 0.562. The van der Waals surface area contributed by atoms with E-state index in [1.807, 2.05) is 0 Å². The van der Waals surface area contributed by atoms with Crippen LogP contribution in [-0.2, 0) is 16.1 Å². The van der Waals surface area contributed by atoms with Gasteiger partial charge in [0.1, 0.15) is 0 Å². The van der Waals surface area contributed by atoms with E-state index in [4.69, 9.17) is 4.74 Å². The van der Waals surface area contributed by atoms with Gasteiger partial charge in [0.15, 0.2) is 0 Å². The van der Waals surface area contributed by atoms with Crippen LogP contribution in [0.15, 0.2) is 29.2 Å². The highest BCUT2D eigenvalue weighted by atomic mass is 32.2. The Morgan fingerprint density at radius 3 is 2.62 bits per heavy atom. The summed E-state index contributed by atoms with van der Waals surface area (Å²) in [5, 5.41) is 6.27. The quantitative estimate of drug-likeness (QED) is 0.515. The van der Waals surface area contributed by atoms with Gasteiger partial charge in [-0.25, -0.2) is 0 Å². The van der Waals surface area contributed by atoms with Crippen LogP contribution in [0.1, 0.15) is 25.8 Å². The molecule has 2 N–H and O–H groups in total. The predicted molar refractivity (Wildman–Crippen MR) is 88.6 cm³/mol. The number of carbonyl (C=O) groups is 1. The molecular weight excluding hydrogens is 284 g/mol. The summed E-state index contributed by atoms with van der Waals surface area (Å²) in [5.74, 6) is 0.526. The average Bonchev–Trinajstić information content (AvgIpc) is 2.48. The topological polar surface area (TPSA) is 50.4 Å². The summed E-state index contributed by atoms with van der Waals surface area (Å²) in [6.07, 6.45) is 0.852. The molecule has 0 spiro atoms. The van der Waals surface area contributed by atoms with Crippen molar-refractivity contribution in [2.24, 2.45) is 0 Å². The molecule has 1 rings (SSSR count). The van der Waals surface area contributed by atoms with Crippen molar-refractivity contribution >= 4 is 17.7 Å². The molecule has 0 heterocycles. The lowest BCUT2D eigenvalue weighted by Gasteiger charge is -2.09. The van der Waals surface area contributed by atoms with Gasteiger partial charge in [-0.2, -0.15) is 0 Å². The van der Waals surface area contributed by atoms with Crippen molar-refractivity contribution in [1.29, 1.82) is 0 Å². The van der Waals surface area contributed by atoms with E-state index >= 15 is 0 Å². The van der Waals surface area contributed by atoms with E-state index < -0.39 is 0 Å². The zero-order valence-corrected chi connectivity index (χ0v) is 14.0. The number of hydrogen-bond donors (Lipinski definition) is 2. The molecule has 0 radical (unpaired) electrons. The van der Waals surface area contributed by atoms with Gasteiger partial charge in [-0.1, -0.05) is 26.0 Å². The molecule has 0 atom stereocenters. The third kappa shape index (κ3) is 8.75. The fourth-order valence-electron chi connectivity index (χ4n) is 1.67. The van der Waals surface area contributed by atoms with E-state index in [1.54, 1.807) is 18.9 Å². The molecule has 118 valence electrons. The number of carbonyl (C=O) groups excluding carboxylic acids is 1. The first kappa shape index (κ1) is 18.0. The van der Waals surface area contributed by atoms with Gasteiger partial charge in [0.25, 0.3) is 0 Å². The Kier molecular flexibility index (Phi) is 9.14. The minimum Gasteiger partial charge on any atom is -0.385 e. The van der Waals surface area contributed by atoms with Crippen molar-refractivity contribution in [3.05, 3.63) is 29.8 Å². The SMILES string of the molecule is COCCCNC(=O)CSc1ccc(CNC(C)C)cc1. The number of amides is 1. The lowest BCUT2D eigenvalue weighted by atomic mass is 10.2. The van der Waals surface area contributed by atoms with Crippen LogP contribution < -0.4 is 10.6 Å². The summed E-state index contributed by atoms with van der Waals surface area (Å²) in [6.45, 7) is 6.50. The smallest absolute Gasteiger partial charge is 0.230 e. The van der Waals surface area contributed by atoms with Gasteiger partial charge < -0.3 is 15.4 Å². The van der Waals surface area contributed by atoms with E-state index in [0.717, 1.165) is 17.9 Å². The Labute approximate surface area is 132 Å². The number of hydrogen-bond acceptors (Lipinski definition) is 4. The second-order valence-corrected chi connectivity index (χ2v) is 6.21. The van der Waals surface area contributed by atoms with E-state index in [1.165, 1.54) is 5.56 Å². The molecule has 1 aromatic carbocycles. The van der Waals surface area contributed by atoms with Crippen LogP contribution in [0.4, 0.5) is 0 Å². The minimum atomic E-state index is 0.0710. The first-order chi connectivity index (χ1) is 10.1. The zero-order valence-electron chi connectivity index (χ0n) is 13.1. The summed E-state index contributed by atoms with van der Waals surface area (Å²) in [4.78, 5) is 12.8. The first-order valence-electron chi connectivity index (χ1n) is 7.32. The Morgan fingerprint density at radius 2 is 2.00 bits per heavy atom. The summed E-state index contributed by atoms with van der Waals surface area (Å²) in [6, 6.07) is 8.84. The molecule has 1 amide bonds. The fourth-order valence-corrected chi connectivity index (χ4v) is 2.40. The van der Waals surface area contributed by atoms with Crippen molar-refractivity contribution in [3.8, 4) is 0 Å². The molecular formula is C16H26N2O2S. The maximum Gasteiger partial charge on any atom is 0.230 e. The van der Waals surface area contributed by atoms with Crippen LogP contribution in [0.25, 0.3) is 0 Å². The maximum absolute atomic E-state index is 11.6. The first-order valence-corrected chi connectivity index (χ1v) is 8.31. The van der Waals surface area contributed by atoms with Crippen molar-refractivity contribution < 1.29 is 9.53 Å². The van der Waals surface area contributed by atoms with Gasteiger partial charge in [-0.15, -0.1) is 11.8 Å². The standard InChI is InChI=1S/C16H26N2O2S/c1-13(2)18-11-14-5-7-15(8-6-14)21-12-16(19)17-9-4-10-20-3/h5-8,13,18H,4,9-12H2,1-3H3,(H,17,19). The van der Waals surface area contributed by atoms with Crippen LogP contribution in [0.5, 0.6) is 0 Å². The monoisotopic (exact) mass is 310 g/mol. The largest absolute Gasteiger partial charge is 0.385 e. The summed E-state index contributed by atoms with van der Waals surface area (Å²) < 4.78 is 4.94. The Morgan fingerprint density at radius 1 is 1.29 bits per heavy atom. The number of benzene rings is 1. The third-order valence-corrected chi connectivity index (χ3v) is 3.87. The van der Waals surface area contributed by atoms with Crippen LogP contribution in [0.3, 0.4) is 0 Å². The molecule has 0 aliphatic heterocycles. The third-order valence-electron chi connectivity index (χ3n) is 2.86. The van der Waals surface area contributed by atoms with Gasteiger partial charge in [0.2, 0.25) is 5.91 Å². The Balaban J connectivity index is 2.24. The van der Waals surface area contributed by atoms with Crippen molar-refractivity contribution in [1.82, 2.24) is 10.6 Å². The predicted octanol–water partition coefficient (Wildman–Crippen LogP) is 2.43. The summed E-state index contributed by atoms with van der Waals surface area (Å²) in [5.41, 5.74) is 1.26. The van der Waals surface area contributed by atoms with Crippen LogP contribution in [0, 0.1) is 0 Å². The molecule has 0 aliphatic carbocycles. The van der Waals surface area contributed by atoms with Gasteiger partial charge in [0, 0.05) is 37.7 Å². The van der Waals surface area contributed by atoms with E-state index in [9.17, 15) is 4.79 Å². The Bertz CT molecular complexity index is 407. The van der Waals surface area contributed by atoms with Gasteiger partial charge >= 0.3 is 0 Å². The van der Waals surface area contributed by atoms with E-state index in [-0.39, 0.29) is 5.91 Å². The van der Waals surface area contributed by atoms with Crippen LogP contribution in [-0.4, -0.2) is 38.0 Å². The average molecular weight is 310 g/mol. The normalized spacial score (nSPS) is 10.9. The molecule has 0 aliphatic rings. The van der Waals surface area contributed by atoms with E-state index in [2.05, 4.69) is 48.7 Å². The molecule has 0 bridgehead atoms. The van der Waals surface area contributed by atoms with E-state index in [0.29, 0.717) is 24.9 Å². The van der Waals surface area contributed by atoms with Crippen LogP contribution in [0.2, 0.25) is 0 Å². The molecule has 0 aromatic heterocycles. The molecule has 4 nitrogen and oxygen atoms in total. The second kappa shape index (κ2) is 10.7. The molecule has 5 heteroatoms. The number of ether oxygens (including phenoxy) is 1. The number of rotatable bonds is 10. The molecule has 21 heavy (non-hydrogen) atoms. The lowest BCUT2D eigenvalue weighted by molar-refractivity contribution is -0.118. The highest BCUT2D eigenvalue weighted by Crippen LogP contribution is 2.18. The summed E-state index contributed by atoms with van der Waals surface area (Å²) >= 11 is 1.56. The molecule has 0 saturated heterocycles. The second-order valence-electron chi connectivity index (χ2n) is 5.16. The van der Waals surface area contributed by atoms with Crippen molar-refractivity contribution in [2.45, 2.75) is 37.8 Å². The molecule has 0 fully saturated rings. The molecule has 1 aromatic rings. The summed E-state index contributed by atoms with van der Waals surface area (Å²) in [7, 11) is 1.66. The minimum absolute atomic E-state index is 0.0710.